The first kappa shape index (κ1) is 23.8. The quantitative estimate of drug-likeness (QED) is 0.568. The molecule has 1 aliphatic heterocycles. The van der Waals surface area contributed by atoms with Crippen LogP contribution in [0.3, 0.4) is 0 Å². The van der Waals surface area contributed by atoms with E-state index in [4.69, 9.17) is 11.6 Å². The van der Waals surface area contributed by atoms with Crippen LogP contribution in [0, 0.1) is 11.6 Å². The van der Waals surface area contributed by atoms with Crippen LogP contribution in [-0.2, 0) is 13.2 Å². The molecule has 1 N–H and O–H groups in total. The summed E-state index contributed by atoms with van der Waals surface area (Å²) in [5.41, 5.74) is -0.879. The van der Waals surface area contributed by atoms with Crippen LogP contribution in [0.5, 0.6) is 0 Å². The number of nitrogens with zero attached hydrogens (tertiary/aromatic N) is 6. The highest BCUT2D eigenvalue weighted by atomic mass is 35.5. The molecule has 0 bridgehead atoms. The summed E-state index contributed by atoms with van der Waals surface area (Å²) in [5, 5.41) is 13.6. The van der Waals surface area contributed by atoms with E-state index in [2.05, 4.69) is 10.1 Å². The van der Waals surface area contributed by atoms with Gasteiger partial charge in [0.1, 0.15) is 30.6 Å². The average molecular weight is 493 g/mol. The smallest absolute Gasteiger partial charge is 0.352 e. The van der Waals surface area contributed by atoms with E-state index in [1.165, 1.54) is 22.8 Å². The summed E-state index contributed by atoms with van der Waals surface area (Å²) in [5.74, 6) is -2.53. The largest absolute Gasteiger partial charge is 0.388 e. The number of pyridine rings is 1. The molecule has 2 aromatic heterocycles. The fraction of sp³-hybridized carbons (Fsp3) is 0.364. The van der Waals surface area contributed by atoms with Gasteiger partial charge >= 0.3 is 5.69 Å². The number of amides is 1. The molecule has 3 aromatic rings. The van der Waals surface area contributed by atoms with Gasteiger partial charge in [-0.1, -0.05) is 24.6 Å². The standard InChI is InChI=1S/C22H23ClF2N6O3/c1-4-12(3)29-11-30(18-14(23)7-6-8-15(18)24)21(33)13-9-16(25)20(26-19(13)29)31-22(34)28(5-2)17(10-32)27-31/h6-9,12,32H,4-5,10-11H2,1-3H3. The minimum absolute atomic E-state index is 0.0409. The highest BCUT2D eigenvalue weighted by Gasteiger charge is 2.37. The third-order valence-electron chi connectivity index (χ3n) is 5.91. The van der Waals surface area contributed by atoms with Gasteiger partial charge in [0.05, 0.1) is 10.6 Å². The Morgan fingerprint density at radius 2 is 1.91 bits per heavy atom. The zero-order valence-electron chi connectivity index (χ0n) is 18.8. The summed E-state index contributed by atoms with van der Waals surface area (Å²) >= 11 is 6.20. The fourth-order valence-electron chi connectivity index (χ4n) is 3.92. The van der Waals surface area contributed by atoms with E-state index in [9.17, 15) is 19.1 Å². The molecule has 180 valence electrons. The molecule has 9 nitrogen and oxygen atoms in total. The number of aromatic nitrogens is 4. The van der Waals surface area contributed by atoms with E-state index in [1.807, 2.05) is 13.8 Å². The number of fused-ring (bicyclic) bond motifs is 1. The topological polar surface area (TPSA) is 96.5 Å². The van der Waals surface area contributed by atoms with Crippen molar-refractivity contribution < 1.29 is 18.7 Å². The summed E-state index contributed by atoms with van der Waals surface area (Å²) in [6.07, 6.45) is 0.639. The van der Waals surface area contributed by atoms with Crippen molar-refractivity contribution in [1.82, 2.24) is 19.3 Å². The van der Waals surface area contributed by atoms with E-state index >= 15 is 4.39 Å². The number of carbonyl (C=O) groups excluding carboxylic acids is 1. The van der Waals surface area contributed by atoms with Crippen molar-refractivity contribution in [2.75, 3.05) is 16.5 Å². The molecular formula is C22H23ClF2N6O3. The number of rotatable bonds is 6. The van der Waals surface area contributed by atoms with E-state index in [-0.39, 0.29) is 47.2 Å². The number of carbonyl (C=O) groups is 1. The van der Waals surface area contributed by atoms with E-state index in [1.54, 1.807) is 11.8 Å². The molecule has 0 spiro atoms. The summed E-state index contributed by atoms with van der Waals surface area (Å²) < 4.78 is 31.9. The molecule has 1 aromatic carbocycles. The van der Waals surface area contributed by atoms with Crippen molar-refractivity contribution in [3.8, 4) is 5.82 Å². The normalized spacial score (nSPS) is 14.5. The summed E-state index contributed by atoms with van der Waals surface area (Å²) in [4.78, 5) is 33.3. The van der Waals surface area contributed by atoms with Crippen LogP contribution >= 0.6 is 11.6 Å². The first-order chi connectivity index (χ1) is 16.2. The minimum atomic E-state index is -0.968. The van der Waals surface area contributed by atoms with E-state index in [0.29, 0.717) is 6.42 Å². The first-order valence-corrected chi connectivity index (χ1v) is 11.1. The van der Waals surface area contributed by atoms with Crippen molar-refractivity contribution in [2.45, 2.75) is 46.4 Å². The van der Waals surface area contributed by atoms with Gasteiger partial charge in [-0.15, -0.1) is 5.10 Å². The number of benzene rings is 1. The predicted molar refractivity (Wildman–Crippen MR) is 122 cm³/mol. The van der Waals surface area contributed by atoms with Crippen molar-refractivity contribution >= 4 is 29.0 Å². The van der Waals surface area contributed by atoms with Crippen molar-refractivity contribution in [3.63, 3.8) is 0 Å². The second-order valence-corrected chi connectivity index (χ2v) is 8.26. The summed E-state index contributed by atoms with van der Waals surface area (Å²) in [7, 11) is 0. The van der Waals surface area contributed by atoms with Crippen molar-refractivity contribution in [1.29, 1.82) is 0 Å². The lowest BCUT2D eigenvalue weighted by Gasteiger charge is -2.40. The Morgan fingerprint density at radius 1 is 1.18 bits per heavy atom. The molecule has 3 heterocycles. The van der Waals surface area contributed by atoms with Gasteiger partial charge in [0.15, 0.2) is 17.5 Å². The SMILES string of the molecule is CCC(C)N1CN(c2c(F)cccc2Cl)C(=O)c2cc(F)c(-n3nc(CO)n(CC)c3=O)nc21. The maximum atomic E-state index is 15.2. The lowest BCUT2D eigenvalue weighted by molar-refractivity contribution is 0.0979. The third-order valence-corrected chi connectivity index (χ3v) is 6.21. The maximum absolute atomic E-state index is 15.2. The van der Waals surface area contributed by atoms with E-state index < -0.39 is 35.7 Å². The number of halogens is 3. The Kier molecular flexibility index (Phi) is 6.41. The van der Waals surface area contributed by atoms with Gasteiger partial charge in [0.25, 0.3) is 5.91 Å². The molecule has 0 saturated heterocycles. The van der Waals surface area contributed by atoms with Gasteiger partial charge in [-0.25, -0.2) is 18.6 Å². The molecule has 1 atom stereocenters. The summed E-state index contributed by atoms with van der Waals surface area (Å²) in [6.45, 7) is 5.12. The van der Waals surface area contributed by atoms with Gasteiger partial charge < -0.3 is 10.0 Å². The number of anilines is 2. The van der Waals surface area contributed by atoms with Gasteiger partial charge in [-0.05, 0) is 38.5 Å². The molecule has 0 radical (unpaired) electrons. The van der Waals surface area contributed by atoms with Gasteiger partial charge in [-0.3, -0.25) is 14.3 Å². The molecule has 1 unspecified atom stereocenters. The summed E-state index contributed by atoms with van der Waals surface area (Å²) in [6, 6.07) is 4.87. The lowest BCUT2D eigenvalue weighted by Crippen LogP contribution is -2.51. The second kappa shape index (κ2) is 9.15. The molecule has 1 amide bonds. The van der Waals surface area contributed by atoms with E-state index in [0.717, 1.165) is 15.6 Å². The average Bonchev–Trinajstić information content (AvgIpc) is 3.14. The van der Waals surface area contributed by atoms with Gasteiger partial charge in [-0.2, -0.15) is 4.68 Å². The second-order valence-electron chi connectivity index (χ2n) is 7.85. The maximum Gasteiger partial charge on any atom is 0.352 e. The fourth-order valence-corrected chi connectivity index (χ4v) is 4.19. The molecule has 34 heavy (non-hydrogen) atoms. The highest BCUT2D eigenvalue weighted by Crippen LogP contribution is 2.36. The van der Waals surface area contributed by atoms with Crippen LogP contribution in [-0.4, -0.2) is 43.1 Å². The highest BCUT2D eigenvalue weighted by molar-refractivity contribution is 6.34. The van der Waals surface area contributed by atoms with Crippen molar-refractivity contribution in [3.05, 3.63) is 62.8 Å². The third kappa shape index (κ3) is 3.74. The Bertz CT molecular complexity index is 1300. The van der Waals surface area contributed by atoms with Gasteiger partial charge in [0.2, 0.25) is 0 Å². The Morgan fingerprint density at radius 3 is 2.50 bits per heavy atom. The Labute approximate surface area is 198 Å². The zero-order chi connectivity index (χ0) is 24.7. The molecule has 0 saturated carbocycles. The predicted octanol–water partition coefficient (Wildman–Crippen LogP) is 3.10. The monoisotopic (exact) mass is 492 g/mol. The number of para-hydroxylation sites is 1. The molecule has 0 fully saturated rings. The zero-order valence-corrected chi connectivity index (χ0v) is 19.6. The number of hydrogen-bond donors (Lipinski definition) is 1. The first-order valence-electron chi connectivity index (χ1n) is 10.8. The van der Waals surface area contributed by atoms with Crippen LogP contribution in [0.25, 0.3) is 5.82 Å². The van der Waals surface area contributed by atoms with Gasteiger partial charge in [0, 0.05) is 12.6 Å². The van der Waals surface area contributed by atoms with Crippen molar-refractivity contribution in [2.24, 2.45) is 0 Å². The minimum Gasteiger partial charge on any atom is -0.388 e. The Balaban J connectivity index is 1.91. The van der Waals surface area contributed by atoms with Crippen LogP contribution in [0.4, 0.5) is 20.3 Å². The molecular weight excluding hydrogens is 470 g/mol. The number of aliphatic hydroxyl groups is 1. The van der Waals surface area contributed by atoms with Crippen LogP contribution < -0.4 is 15.5 Å². The molecule has 1 aliphatic rings. The molecule has 4 rings (SSSR count). The lowest BCUT2D eigenvalue weighted by atomic mass is 10.1. The number of hydrogen-bond acceptors (Lipinski definition) is 6. The number of aliphatic hydroxyl groups excluding tert-OH is 1. The Hall–Kier alpha value is -3.31. The van der Waals surface area contributed by atoms with Crippen LogP contribution in [0.1, 0.15) is 43.4 Å². The van der Waals surface area contributed by atoms with Crippen LogP contribution in [0.2, 0.25) is 5.02 Å². The molecule has 0 aliphatic carbocycles. The molecule has 12 heteroatoms. The van der Waals surface area contributed by atoms with Crippen LogP contribution in [0.15, 0.2) is 29.1 Å².